The average Bonchev–Trinajstić information content (AvgIpc) is 2.61. The summed E-state index contributed by atoms with van der Waals surface area (Å²) in [6, 6.07) is 13.5. The highest BCUT2D eigenvalue weighted by Crippen LogP contribution is 2.29. The van der Waals surface area contributed by atoms with E-state index in [0.717, 1.165) is 18.6 Å². The molecule has 0 amide bonds. The Kier molecular flexibility index (Phi) is 3.84. The maximum Gasteiger partial charge on any atom is 0.219 e. The van der Waals surface area contributed by atoms with Crippen LogP contribution in [0.2, 0.25) is 0 Å². The van der Waals surface area contributed by atoms with Crippen molar-refractivity contribution in [2.24, 2.45) is 0 Å². The molecule has 4 rings (SSSR count). The van der Waals surface area contributed by atoms with Crippen LogP contribution < -0.4 is 9.14 Å². The van der Waals surface area contributed by atoms with Crippen molar-refractivity contribution < 1.29 is 9.14 Å². The van der Waals surface area contributed by atoms with Gasteiger partial charge in [0.1, 0.15) is 5.75 Å². The van der Waals surface area contributed by atoms with Gasteiger partial charge >= 0.3 is 0 Å². The predicted molar refractivity (Wildman–Crippen MR) is 105 cm³/mol. The fourth-order valence-corrected chi connectivity index (χ4v) is 3.69. The van der Waals surface area contributed by atoms with Gasteiger partial charge in [0.2, 0.25) is 5.52 Å². The quantitative estimate of drug-likeness (QED) is 0.282. The minimum atomic E-state index is 0.992. The highest BCUT2D eigenvalue weighted by molar-refractivity contribution is 5.98. The summed E-state index contributed by atoms with van der Waals surface area (Å²) in [5.41, 5.74) is 5.20. The van der Waals surface area contributed by atoms with E-state index in [1.807, 2.05) is 0 Å². The monoisotopic (exact) mass is 330 g/mol. The molecule has 0 spiro atoms. The first-order valence-electron chi connectivity index (χ1n) is 8.96. The van der Waals surface area contributed by atoms with E-state index in [0.29, 0.717) is 0 Å². The number of nitrogens with zero attached hydrogens (tertiary/aromatic N) is 1. The molecular weight excluding hydrogens is 306 g/mol. The second kappa shape index (κ2) is 6.03. The van der Waals surface area contributed by atoms with Crippen LogP contribution in [-0.4, -0.2) is 7.11 Å². The molecule has 2 aromatic heterocycles. The van der Waals surface area contributed by atoms with Crippen LogP contribution in [0, 0.1) is 13.8 Å². The molecule has 0 aliphatic heterocycles. The number of fused-ring (bicyclic) bond motifs is 4. The number of aromatic nitrogens is 1. The molecule has 0 aliphatic rings. The van der Waals surface area contributed by atoms with E-state index in [1.165, 1.54) is 43.8 Å². The highest BCUT2D eigenvalue weighted by atomic mass is 16.5. The molecule has 0 atom stereocenters. The van der Waals surface area contributed by atoms with Crippen molar-refractivity contribution in [3.63, 3.8) is 0 Å². The standard InChI is InChI=1S/C23H24NO/c1-5-6-18-11-21-17(13-23(18)25-4)7-8-24-14-20-10-16(3)15(2)9-19(20)12-22(21)24/h7-14H,5-6H2,1-4H3/q+1. The molecule has 0 fully saturated rings. The second-order valence-corrected chi connectivity index (χ2v) is 6.95. The molecule has 0 aliphatic carbocycles. The van der Waals surface area contributed by atoms with E-state index in [-0.39, 0.29) is 0 Å². The van der Waals surface area contributed by atoms with Gasteiger partial charge < -0.3 is 4.74 Å². The summed E-state index contributed by atoms with van der Waals surface area (Å²) in [5.74, 6) is 0.992. The van der Waals surface area contributed by atoms with Crippen molar-refractivity contribution in [1.82, 2.24) is 0 Å². The number of pyridine rings is 2. The lowest BCUT2D eigenvalue weighted by atomic mass is 10.00. The van der Waals surface area contributed by atoms with Crippen molar-refractivity contribution in [3.05, 3.63) is 65.5 Å². The molecule has 2 nitrogen and oxygen atoms in total. The second-order valence-electron chi connectivity index (χ2n) is 6.95. The van der Waals surface area contributed by atoms with Gasteiger partial charge in [0.05, 0.1) is 12.5 Å². The predicted octanol–water partition coefficient (Wildman–Crippen LogP) is 5.31. The molecule has 4 aromatic rings. The minimum absolute atomic E-state index is 0.992. The van der Waals surface area contributed by atoms with Crippen LogP contribution in [-0.2, 0) is 6.42 Å². The number of hydrogen-bond acceptors (Lipinski definition) is 1. The van der Waals surface area contributed by atoms with Crippen LogP contribution in [0.5, 0.6) is 5.75 Å². The van der Waals surface area contributed by atoms with Gasteiger partial charge in [0, 0.05) is 17.5 Å². The van der Waals surface area contributed by atoms with Gasteiger partial charge in [-0.1, -0.05) is 19.4 Å². The van der Waals surface area contributed by atoms with Crippen LogP contribution in [0.25, 0.3) is 27.1 Å². The zero-order valence-electron chi connectivity index (χ0n) is 15.4. The molecule has 126 valence electrons. The zero-order valence-corrected chi connectivity index (χ0v) is 15.4. The lowest BCUT2D eigenvalue weighted by Crippen LogP contribution is -2.20. The van der Waals surface area contributed by atoms with Gasteiger partial charge in [-0.05, 0) is 65.9 Å². The van der Waals surface area contributed by atoms with Crippen LogP contribution in [0.3, 0.4) is 0 Å². The van der Waals surface area contributed by atoms with E-state index in [2.05, 4.69) is 74.0 Å². The van der Waals surface area contributed by atoms with E-state index in [1.54, 1.807) is 7.11 Å². The number of aryl methyl sites for hydroxylation is 3. The summed E-state index contributed by atoms with van der Waals surface area (Å²) in [5, 5.41) is 5.08. The first kappa shape index (κ1) is 15.9. The maximum absolute atomic E-state index is 5.61. The molecule has 0 N–H and O–H groups in total. The lowest BCUT2D eigenvalue weighted by Gasteiger charge is -2.10. The fraction of sp³-hybridized carbons (Fsp3) is 0.261. The van der Waals surface area contributed by atoms with Gasteiger partial charge in [-0.3, -0.25) is 0 Å². The van der Waals surface area contributed by atoms with Gasteiger partial charge in [-0.2, -0.15) is 4.40 Å². The molecule has 0 unspecified atom stereocenters. The Morgan fingerprint density at radius 2 is 1.68 bits per heavy atom. The van der Waals surface area contributed by atoms with Crippen LogP contribution in [0.4, 0.5) is 0 Å². The molecule has 0 saturated heterocycles. The largest absolute Gasteiger partial charge is 0.496 e. The molecule has 2 heteroatoms. The van der Waals surface area contributed by atoms with Crippen molar-refractivity contribution in [2.75, 3.05) is 7.11 Å². The third-order valence-corrected chi connectivity index (χ3v) is 5.21. The first-order valence-corrected chi connectivity index (χ1v) is 8.96. The van der Waals surface area contributed by atoms with E-state index in [9.17, 15) is 0 Å². The molecule has 0 bridgehead atoms. The maximum atomic E-state index is 5.61. The Balaban J connectivity index is 2.08. The van der Waals surface area contributed by atoms with Gasteiger partial charge in [0.25, 0.3) is 0 Å². The average molecular weight is 330 g/mol. The Morgan fingerprint density at radius 1 is 0.920 bits per heavy atom. The third-order valence-electron chi connectivity index (χ3n) is 5.21. The number of hydrogen-bond donors (Lipinski definition) is 0. The summed E-state index contributed by atoms with van der Waals surface area (Å²) in [6.07, 6.45) is 6.53. The Hall–Kier alpha value is -2.61. The molecule has 25 heavy (non-hydrogen) atoms. The SMILES string of the molecule is CCCc1cc2c(cc[n+]3cc4cc(C)c(C)cc4cc23)cc1OC. The number of rotatable bonds is 3. The highest BCUT2D eigenvalue weighted by Gasteiger charge is 2.14. The summed E-state index contributed by atoms with van der Waals surface area (Å²) >= 11 is 0. The zero-order chi connectivity index (χ0) is 17.6. The number of benzene rings is 2. The smallest absolute Gasteiger partial charge is 0.219 e. The van der Waals surface area contributed by atoms with E-state index < -0.39 is 0 Å². The Morgan fingerprint density at radius 3 is 2.40 bits per heavy atom. The van der Waals surface area contributed by atoms with Gasteiger partial charge in [0.15, 0.2) is 12.4 Å². The van der Waals surface area contributed by atoms with E-state index >= 15 is 0 Å². The Bertz CT molecular complexity index is 1110. The van der Waals surface area contributed by atoms with Crippen molar-refractivity contribution in [3.8, 4) is 5.75 Å². The van der Waals surface area contributed by atoms with Gasteiger partial charge in [-0.15, -0.1) is 0 Å². The van der Waals surface area contributed by atoms with Crippen LogP contribution in [0.15, 0.2) is 48.8 Å². The van der Waals surface area contributed by atoms with Crippen molar-refractivity contribution in [2.45, 2.75) is 33.6 Å². The number of methoxy groups -OCH3 is 1. The minimum Gasteiger partial charge on any atom is -0.496 e. The van der Waals surface area contributed by atoms with Crippen molar-refractivity contribution in [1.29, 1.82) is 0 Å². The van der Waals surface area contributed by atoms with Crippen molar-refractivity contribution >= 4 is 27.1 Å². The first-order chi connectivity index (χ1) is 12.1. The summed E-state index contributed by atoms with van der Waals surface area (Å²) in [7, 11) is 1.76. The molecule has 0 radical (unpaired) electrons. The lowest BCUT2D eigenvalue weighted by molar-refractivity contribution is -0.509. The topological polar surface area (TPSA) is 13.3 Å². The van der Waals surface area contributed by atoms with Crippen LogP contribution >= 0.6 is 0 Å². The normalized spacial score (nSPS) is 11.5. The van der Waals surface area contributed by atoms with Crippen LogP contribution in [0.1, 0.15) is 30.0 Å². The third kappa shape index (κ3) is 2.62. The molecule has 2 aromatic carbocycles. The van der Waals surface area contributed by atoms with Gasteiger partial charge in [-0.25, -0.2) is 0 Å². The molecular formula is C23H24NO+. The molecule has 2 heterocycles. The summed E-state index contributed by atoms with van der Waals surface area (Å²) < 4.78 is 7.85. The fourth-order valence-electron chi connectivity index (χ4n) is 3.69. The summed E-state index contributed by atoms with van der Waals surface area (Å²) in [6.45, 7) is 6.56. The van der Waals surface area contributed by atoms with E-state index in [4.69, 9.17) is 4.74 Å². The number of ether oxygens (including phenoxy) is 1. The summed E-state index contributed by atoms with van der Waals surface area (Å²) in [4.78, 5) is 0. The molecule has 0 saturated carbocycles. The Labute approximate surface area is 148 Å².